The molecule has 262 valence electrons. The van der Waals surface area contributed by atoms with E-state index in [4.69, 9.17) is 4.74 Å². The van der Waals surface area contributed by atoms with Gasteiger partial charge in [0.25, 0.3) is 6.08 Å². The van der Waals surface area contributed by atoms with Crippen molar-refractivity contribution in [3.05, 3.63) is 47.4 Å². The highest BCUT2D eigenvalue weighted by Crippen LogP contribution is 2.34. The molecule has 2 aromatic rings. The van der Waals surface area contributed by atoms with Gasteiger partial charge in [-0.3, -0.25) is 14.4 Å². The first-order chi connectivity index (χ1) is 22.6. The van der Waals surface area contributed by atoms with E-state index in [2.05, 4.69) is 32.5 Å². The van der Waals surface area contributed by atoms with E-state index in [1.54, 1.807) is 27.7 Å². The van der Waals surface area contributed by atoms with Gasteiger partial charge >= 0.3 is 6.09 Å². The van der Waals surface area contributed by atoms with Gasteiger partial charge in [0.15, 0.2) is 0 Å². The van der Waals surface area contributed by atoms with Gasteiger partial charge in [-0.25, -0.2) is 9.18 Å². The van der Waals surface area contributed by atoms with Gasteiger partial charge in [0.05, 0.1) is 11.9 Å². The molecule has 2 heterocycles. The molecule has 3 N–H and O–H groups in total. The zero-order valence-electron chi connectivity index (χ0n) is 27.8. The van der Waals surface area contributed by atoms with Crippen molar-refractivity contribution in [3.8, 4) is 0 Å². The monoisotopic (exact) mass is 692 g/mol. The summed E-state index contributed by atoms with van der Waals surface area (Å²) in [6.45, 7) is 8.91. The second kappa shape index (κ2) is 15.9. The van der Waals surface area contributed by atoms with Crippen LogP contribution in [0.1, 0.15) is 84.6 Å². The van der Waals surface area contributed by atoms with E-state index < -0.39 is 59.2 Å². The topological polar surface area (TPSA) is 143 Å². The minimum atomic E-state index is -1.76. The van der Waals surface area contributed by atoms with Crippen molar-refractivity contribution in [2.45, 2.75) is 90.7 Å². The predicted molar refractivity (Wildman–Crippen MR) is 175 cm³/mol. The number of aromatic nitrogens is 2. The molecule has 2 fully saturated rings. The second-order valence-corrected chi connectivity index (χ2v) is 14.4. The number of amides is 4. The molecule has 15 heteroatoms. The Morgan fingerprint density at radius 2 is 1.69 bits per heavy atom. The van der Waals surface area contributed by atoms with Crippen LogP contribution in [0.4, 0.5) is 28.7 Å². The smallest absolute Gasteiger partial charge is 0.408 e. The van der Waals surface area contributed by atoms with Crippen molar-refractivity contribution < 1.29 is 37.1 Å². The molecule has 3 atom stereocenters. The first-order valence-corrected chi connectivity index (χ1v) is 16.9. The summed E-state index contributed by atoms with van der Waals surface area (Å²) in [6.07, 6.45) is 1.99. The predicted octanol–water partition coefficient (Wildman–Crippen LogP) is 6.47. The Bertz CT molecular complexity index is 1490. The molecule has 48 heavy (non-hydrogen) atoms. The van der Waals surface area contributed by atoms with Crippen molar-refractivity contribution in [1.29, 1.82) is 0 Å². The number of halogens is 3. The zero-order valence-corrected chi connectivity index (χ0v) is 28.6. The number of carbonyl (C=O) groups is 4. The third kappa shape index (κ3) is 9.77. The Hall–Kier alpha value is -4.01. The van der Waals surface area contributed by atoms with Crippen molar-refractivity contribution in [3.63, 3.8) is 0 Å². The van der Waals surface area contributed by atoms with Gasteiger partial charge in [-0.1, -0.05) is 37.2 Å². The number of hydrogen-bond acceptors (Lipinski definition) is 8. The van der Waals surface area contributed by atoms with E-state index >= 15 is 4.39 Å². The van der Waals surface area contributed by atoms with E-state index in [9.17, 15) is 28.0 Å². The van der Waals surface area contributed by atoms with Crippen molar-refractivity contribution in [2.24, 2.45) is 17.8 Å². The molecule has 0 bridgehead atoms. The SMILES string of the molecule is CC1CCC([C@H](NC(=O)OC(C)(C)C)C(=O)Nc2ccc([C@@H](C)[C@H](C(=O)Nc3cnns3)C(=O)N3CCC(=C(F)F)CC3)cc2F)CC1. The lowest BCUT2D eigenvalue weighted by Crippen LogP contribution is -2.50. The third-order valence-corrected chi connectivity index (χ3v) is 9.45. The lowest BCUT2D eigenvalue weighted by atomic mass is 9.79. The van der Waals surface area contributed by atoms with Gasteiger partial charge < -0.3 is 25.6 Å². The minimum absolute atomic E-state index is 0.0117. The maximum Gasteiger partial charge on any atom is 0.408 e. The number of alkyl carbamates (subject to hydrolysis) is 1. The lowest BCUT2D eigenvalue weighted by Gasteiger charge is -2.33. The average molecular weight is 693 g/mol. The standard InChI is InChI=1S/C33H43F3N6O5S/c1-18-6-8-20(9-7-18)27(40-32(46)47-33(3,4)5)30(44)38-24-11-10-22(16-23(24)34)19(2)26(29(43)39-25-17-37-41-48-25)31(45)42-14-12-21(13-15-42)28(35)36/h10-11,16-20,26-27H,6-9,12-15H2,1-5H3,(H,38,44)(H,39,43)(H,40,46)/t18?,19-,20?,26-,27+/m1/s1. The van der Waals surface area contributed by atoms with Crippen LogP contribution in [-0.4, -0.2) is 63.0 Å². The number of nitrogens with zero attached hydrogens (tertiary/aromatic N) is 3. The molecule has 1 aliphatic carbocycles. The van der Waals surface area contributed by atoms with Crippen molar-refractivity contribution in [2.75, 3.05) is 23.7 Å². The number of likely N-dealkylation sites (tertiary alicyclic amines) is 1. The summed E-state index contributed by atoms with van der Waals surface area (Å²) in [7, 11) is 0. The molecule has 1 aromatic heterocycles. The molecule has 1 saturated heterocycles. The first kappa shape index (κ1) is 36.8. The summed E-state index contributed by atoms with van der Waals surface area (Å²) in [5, 5.41) is 11.9. The Kier molecular flexibility index (Phi) is 12.2. The molecule has 0 spiro atoms. The van der Waals surface area contributed by atoms with Crippen LogP contribution < -0.4 is 16.0 Å². The van der Waals surface area contributed by atoms with Gasteiger partial charge in [-0.05, 0) is 81.6 Å². The summed E-state index contributed by atoms with van der Waals surface area (Å²) in [4.78, 5) is 54.7. The van der Waals surface area contributed by atoms with E-state index in [1.165, 1.54) is 23.2 Å². The molecular formula is C33H43F3N6O5S. The maximum absolute atomic E-state index is 15.6. The van der Waals surface area contributed by atoms with E-state index in [-0.39, 0.29) is 43.1 Å². The lowest BCUT2D eigenvalue weighted by molar-refractivity contribution is -0.141. The zero-order chi connectivity index (χ0) is 35.2. The summed E-state index contributed by atoms with van der Waals surface area (Å²) in [5.74, 6) is -4.49. The Morgan fingerprint density at radius 1 is 1.02 bits per heavy atom. The molecule has 2 aliphatic rings. The van der Waals surface area contributed by atoms with Gasteiger partial charge in [0, 0.05) is 30.5 Å². The molecule has 4 rings (SSSR count). The maximum atomic E-state index is 15.6. The first-order valence-electron chi connectivity index (χ1n) is 16.1. The fourth-order valence-corrected chi connectivity index (χ4v) is 6.55. The van der Waals surface area contributed by atoms with Crippen LogP contribution >= 0.6 is 11.5 Å². The number of hydrogen-bond donors (Lipinski definition) is 3. The number of piperidine rings is 1. The Labute approximate surface area is 282 Å². The minimum Gasteiger partial charge on any atom is -0.444 e. The molecule has 1 saturated carbocycles. The fourth-order valence-electron chi connectivity index (χ4n) is 6.13. The molecule has 4 amide bonds. The molecule has 0 unspecified atom stereocenters. The summed E-state index contributed by atoms with van der Waals surface area (Å²) in [6, 6.07) is 3.05. The second-order valence-electron chi connectivity index (χ2n) is 13.6. The Balaban J connectivity index is 1.54. The average Bonchev–Trinajstić information content (AvgIpc) is 3.53. The summed E-state index contributed by atoms with van der Waals surface area (Å²) >= 11 is 0.914. The summed E-state index contributed by atoms with van der Waals surface area (Å²) in [5.41, 5.74) is -0.634. The largest absolute Gasteiger partial charge is 0.444 e. The Morgan fingerprint density at radius 3 is 2.25 bits per heavy atom. The number of rotatable bonds is 9. The molecule has 1 aliphatic heterocycles. The van der Waals surface area contributed by atoms with Crippen LogP contribution in [0.25, 0.3) is 0 Å². The van der Waals surface area contributed by atoms with E-state index in [1.807, 2.05) is 0 Å². The highest BCUT2D eigenvalue weighted by Gasteiger charge is 2.38. The molecule has 11 nitrogen and oxygen atoms in total. The quantitative estimate of drug-likeness (QED) is 0.256. The van der Waals surface area contributed by atoms with E-state index in [0.29, 0.717) is 29.3 Å². The molecule has 0 radical (unpaired) electrons. The third-order valence-electron chi connectivity index (χ3n) is 8.87. The molecule has 1 aromatic carbocycles. The highest BCUT2D eigenvalue weighted by molar-refractivity contribution is 7.10. The van der Waals surface area contributed by atoms with Crippen molar-refractivity contribution in [1.82, 2.24) is 19.8 Å². The van der Waals surface area contributed by atoms with Crippen LogP contribution in [-0.2, 0) is 19.1 Å². The normalized spacial score (nSPS) is 20.2. The van der Waals surface area contributed by atoms with E-state index in [0.717, 1.165) is 30.4 Å². The van der Waals surface area contributed by atoms with Gasteiger partial charge in [-0.15, -0.1) is 5.10 Å². The van der Waals surface area contributed by atoms with Crippen molar-refractivity contribution >= 4 is 46.0 Å². The van der Waals surface area contributed by atoms with Crippen LogP contribution in [0.3, 0.4) is 0 Å². The van der Waals surface area contributed by atoms with Gasteiger partial charge in [0.2, 0.25) is 17.7 Å². The number of benzene rings is 1. The highest BCUT2D eigenvalue weighted by atomic mass is 32.1. The number of anilines is 2. The van der Waals surface area contributed by atoms with Gasteiger partial charge in [0.1, 0.15) is 28.4 Å². The van der Waals surface area contributed by atoms with Crippen LogP contribution in [0, 0.1) is 23.6 Å². The van der Waals surface area contributed by atoms with Crippen LogP contribution in [0.15, 0.2) is 36.0 Å². The van der Waals surface area contributed by atoms with Gasteiger partial charge in [-0.2, -0.15) is 8.78 Å². The number of carbonyl (C=O) groups excluding carboxylic acids is 4. The molecular weight excluding hydrogens is 649 g/mol. The summed E-state index contributed by atoms with van der Waals surface area (Å²) < 4.78 is 51.0. The number of ether oxygens (including phenoxy) is 1. The van der Waals surface area contributed by atoms with Crippen LogP contribution in [0.2, 0.25) is 0 Å². The van der Waals surface area contributed by atoms with Crippen LogP contribution in [0.5, 0.6) is 0 Å². The number of nitrogens with one attached hydrogen (secondary N) is 3. The fraction of sp³-hybridized carbons (Fsp3) is 0.576.